The first-order valence-electron chi connectivity index (χ1n) is 5.17. The number of rotatable bonds is 1. The molecular formula is C11H16N2O2. The minimum absolute atomic E-state index is 0.201. The quantitative estimate of drug-likeness (QED) is 0.762. The van der Waals surface area contributed by atoms with Crippen LogP contribution < -0.4 is 0 Å². The Kier molecular flexibility index (Phi) is 2.10. The van der Waals surface area contributed by atoms with Crippen LogP contribution in [0.25, 0.3) is 0 Å². The van der Waals surface area contributed by atoms with Gasteiger partial charge in [0.25, 0.3) is 0 Å². The van der Waals surface area contributed by atoms with Crippen molar-refractivity contribution in [3.8, 4) is 0 Å². The summed E-state index contributed by atoms with van der Waals surface area (Å²) in [5.41, 5.74) is 1.64. The van der Waals surface area contributed by atoms with Gasteiger partial charge in [-0.05, 0) is 23.8 Å². The molecule has 1 aromatic rings. The molecule has 0 amide bonds. The fourth-order valence-corrected chi connectivity index (χ4v) is 2.41. The van der Waals surface area contributed by atoms with E-state index in [1.165, 1.54) is 0 Å². The second-order valence-corrected chi connectivity index (χ2v) is 4.97. The zero-order valence-corrected chi connectivity index (χ0v) is 9.32. The molecule has 1 aromatic heterocycles. The average Bonchev–Trinajstić information content (AvgIpc) is 2.42. The molecule has 0 saturated carbocycles. The van der Waals surface area contributed by atoms with Gasteiger partial charge in [0.2, 0.25) is 0 Å². The van der Waals surface area contributed by atoms with Crippen molar-refractivity contribution in [3.05, 3.63) is 17.5 Å². The second-order valence-electron chi connectivity index (χ2n) is 4.97. The van der Waals surface area contributed by atoms with E-state index in [0.717, 1.165) is 24.1 Å². The SMILES string of the molecule is Cn1cc2c(n1)C(C(=O)O)C(C)(C)CC2. The summed E-state index contributed by atoms with van der Waals surface area (Å²) >= 11 is 0. The molecule has 0 spiro atoms. The number of carboxylic acids is 1. The first-order chi connectivity index (χ1) is 6.92. The van der Waals surface area contributed by atoms with Gasteiger partial charge in [0.05, 0.1) is 5.69 Å². The lowest BCUT2D eigenvalue weighted by Gasteiger charge is -2.34. The van der Waals surface area contributed by atoms with Gasteiger partial charge in [0, 0.05) is 13.2 Å². The van der Waals surface area contributed by atoms with Gasteiger partial charge in [-0.1, -0.05) is 13.8 Å². The molecule has 0 saturated heterocycles. The summed E-state index contributed by atoms with van der Waals surface area (Å²) in [6.45, 7) is 4.01. The van der Waals surface area contributed by atoms with Gasteiger partial charge < -0.3 is 5.11 Å². The van der Waals surface area contributed by atoms with E-state index in [1.807, 2.05) is 27.1 Å². The van der Waals surface area contributed by atoms with Crippen molar-refractivity contribution in [1.82, 2.24) is 9.78 Å². The fraction of sp³-hybridized carbons (Fsp3) is 0.636. The zero-order valence-electron chi connectivity index (χ0n) is 9.32. The van der Waals surface area contributed by atoms with E-state index < -0.39 is 11.9 Å². The summed E-state index contributed by atoms with van der Waals surface area (Å²) in [5, 5.41) is 13.6. The van der Waals surface area contributed by atoms with E-state index in [4.69, 9.17) is 0 Å². The molecule has 0 bridgehead atoms. The Balaban J connectivity index is 2.52. The van der Waals surface area contributed by atoms with Crippen LogP contribution in [0.15, 0.2) is 6.20 Å². The normalized spacial score (nSPS) is 23.5. The molecule has 1 aliphatic rings. The van der Waals surface area contributed by atoms with Crippen LogP contribution in [0.3, 0.4) is 0 Å². The molecule has 0 aromatic carbocycles. The lowest BCUT2D eigenvalue weighted by atomic mass is 9.68. The molecule has 15 heavy (non-hydrogen) atoms. The maximum atomic E-state index is 11.3. The van der Waals surface area contributed by atoms with Crippen LogP contribution in [-0.2, 0) is 18.3 Å². The summed E-state index contributed by atoms with van der Waals surface area (Å²) in [7, 11) is 1.84. The largest absolute Gasteiger partial charge is 0.481 e. The number of nitrogens with zero attached hydrogens (tertiary/aromatic N) is 2. The van der Waals surface area contributed by atoms with Gasteiger partial charge in [-0.3, -0.25) is 9.48 Å². The maximum Gasteiger partial charge on any atom is 0.313 e. The molecule has 82 valence electrons. The van der Waals surface area contributed by atoms with Gasteiger partial charge in [-0.25, -0.2) is 0 Å². The standard InChI is InChI=1S/C11H16N2O2/c1-11(2)5-4-7-6-13(3)12-9(7)8(11)10(14)15/h6,8H,4-5H2,1-3H3,(H,14,15). The van der Waals surface area contributed by atoms with Crippen LogP contribution in [0.1, 0.15) is 37.4 Å². The van der Waals surface area contributed by atoms with Crippen LogP contribution in [0.4, 0.5) is 0 Å². The lowest BCUT2D eigenvalue weighted by Crippen LogP contribution is -2.33. The van der Waals surface area contributed by atoms with Crippen LogP contribution in [0.5, 0.6) is 0 Å². The first kappa shape index (κ1) is 10.2. The van der Waals surface area contributed by atoms with Gasteiger partial charge in [-0.2, -0.15) is 5.10 Å². The highest BCUT2D eigenvalue weighted by Crippen LogP contribution is 2.44. The molecule has 2 rings (SSSR count). The highest BCUT2D eigenvalue weighted by molar-refractivity contribution is 5.77. The number of aliphatic carboxylic acids is 1. The van der Waals surface area contributed by atoms with Crippen LogP contribution >= 0.6 is 0 Å². The monoisotopic (exact) mass is 208 g/mol. The van der Waals surface area contributed by atoms with Crippen LogP contribution in [0.2, 0.25) is 0 Å². The Morgan fingerprint density at radius 3 is 2.93 bits per heavy atom. The molecule has 4 nitrogen and oxygen atoms in total. The Morgan fingerprint density at radius 2 is 2.33 bits per heavy atom. The summed E-state index contributed by atoms with van der Waals surface area (Å²) in [5.74, 6) is -1.23. The first-order valence-corrected chi connectivity index (χ1v) is 5.17. The predicted octanol–water partition coefficient (Wildman–Crippen LogP) is 1.56. The highest BCUT2D eigenvalue weighted by Gasteiger charge is 2.42. The Labute approximate surface area is 88.9 Å². The van der Waals surface area contributed by atoms with Crippen molar-refractivity contribution in [3.63, 3.8) is 0 Å². The fourth-order valence-electron chi connectivity index (χ4n) is 2.41. The van der Waals surface area contributed by atoms with Crippen molar-refractivity contribution in [2.24, 2.45) is 12.5 Å². The van der Waals surface area contributed by atoms with Gasteiger partial charge in [0.15, 0.2) is 0 Å². The molecule has 4 heteroatoms. The molecular weight excluding hydrogens is 192 g/mol. The smallest absolute Gasteiger partial charge is 0.313 e. The topological polar surface area (TPSA) is 55.1 Å². The Bertz CT molecular complexity index is 407. The second kappa shape index (κ2) is 3.08. The summed E-state index contributed by atoms with van der Waals surface area (Å²) in [6, 6.07) is 0. The molecule has 1 unspecified atom stereocenters. The van der Waals surface area contributed by atoms with Gasteiger partial charge >= 0.3 is 5.97 Å². The summed E-state index contributed by atoms with van der Waals surface area (Å²) in [6.07, 6.45) is 3.77. The van der Waals surface area contributed by atoms with Crippen LogP contribution in [-0.4, -0.2) is 20.9 Å². The summed E-state index contributed by atoms with van der Waals surface area (Å²) in [4.78, 5) is 11.3. The van der Waals surface area contributed by atoms with E-state index in [2.05, 4.69) is 5.10 Å². The number of aromatic nitrogens is 2. The number of fused-ring (bicyclic) bond motifs is 1. The third-order valence-corrected chi connectivity index (χ3v) is 3.28. The van der Waals surface area contributed by atoms with Crippen molar-refractivity contribution in [2.75, 3.05) is 0 Å². The Hall–Kier alpha value is -1.32. The van der Waals surface area contributed by atoms with Crippen molar-refractivity contribution >= 4 is 5.97 Å². The molecule has 0 fully saturated rings. The van der Waals surface area contributed by atoms with E-state index in [9.17, 15) is 9.90 Å². The number of hydrogen-bond donors (Lipinski definition) is 1. The highest BCUT2D eigenvalue weighted by atomic mass is 16.4. The number of carboxylic acid groups (broad SMARTS) is 1. The molecule has 1 heterocycles. The number of aryl methyl sites for hydroxylation is 2. The average molecular weight is 208 g/mol. The molecule has 1 atom stereocenters. The van der Waals surface area contributed by atoms with E-state index in [0.29, 0.717) is 0 Å². The molecule has 1 N–H and O–H groups in total. The van der Waals surface area contributed by atoms with Gasteiger partial charge in [-0.15, -0.1) is 0 Å². The van der Waals surface area contributed by atoms with Crippen molar-refractivity contribution < 1.29 is 9.90 Å². The zero-order chi connectivity index (χ0) is 11.2. The van der Waals surface area contributed by atoms with Crippen molar-refractivity contribution in [2.45, 2.75) is 32.6 Å². The predicted molar refractivity (Wildman–Crippen MR) is 55.7 cm³/mol. The van der Waals surface area contributed by atoms with Crippen molar-refractivity contribution in [1.29, 1.82) is 0 Å². The van der Waals surface area contributed by atoms with E-state index in [1.54, 1.807) is 4.68 Å². The summed E-state index contributed by atoms with van der Waals surface area (Å²) < 4.78 is 1.71. The number of carbonyl (C=O) groups is 1. The third kappa shape index (κ3) is 1.54. The van der Waals surface area contributed by atoms with Gasteiger partial charge in [0.1, 0.15) is 5.92 Å². The van der Waals surface area contributed by atoms with E-state index in [-0.39, 0.29) is 5.41 Å². The molecule has 0 radical (unpaired) electrons. The minimum Gasteiger partial charge on any atom is -0.481 e. The Morgan fingerprint density at radius 1 is 1.67 bits per heavy atom. The third-order valence-electron chi connectivity index (χ3n) is 3.28. The molecule has 0 aliphatic heterocycles. The maximum absolute atomic E-state index is 11.3. The minimum atomic E-state index is -0.764. The lowest BCUT2D eigenvalue weighted by molar-refractivity contribution is -0.142. The van der Waals surface area contributed by atoms with Crippen LogP contribution in [0, 0.1) is 5.41 Å². The number of hydrogen-bond acceptors (Lipinski definition) is 2. The van der Waals surface area contributed by atoms with E-state index >= 15 is 0 Å². The molecule has 1 aliphatic carbocycles.